The van der Waals surface area contributed by atoms with Gasteiger partial charge in [-0.2, -0.15) is 0 Å². The summed E-state index contributed by atoms with van der Waals surface area (Å²) in [5.41, 5.74) is 0. The van der Waals surface area contributed by atoms with Crippen LogP contribution in [0, 0.1) is 11.8 Å². The van der Waals surface area contributed by atoms with Crippen molar-refractivity contribution in [3.8, 4) is 0 Å². The number of hydrogen-bond donors (Lipinski definition) is 4. The lowest BCUT2D eigenvalue weighted by Crippen LogP contribution is -2.47. The number of rotatable bonds is 4. The predicted octanol–water partition coefficient (Wildman–Crippen LogP) is -1.60. The van der Waals surface area contributed by atoms with Gasteiger partial charge in [0.1, 0.15) is 6.04 Å². The zero-order valence-electron chi connectivity index (χ0n) is 8.56. The second-order valence-electron chi connectivity index (χ2n) is 3.82. The molecule has 1 saturated heterocycles. The summed E-state index contributed by atoms with van der Waals surface area (Å²) in [5.74, 6) is -1.55. The molecule has 86 valence electrons. The number of hydrogen-bond acceptors (Lipinski definition) is 4. The van der Waals surface area contributed by atoms with Crippen molar-refractivity contribution in [1.82, 2.24) is 10.6 Å². The normalized spacial score (nSPS) is 27.3. The molecule has 0 aromatic heterocycles. The average Bonchev–Trinajstić information content (AvgIpc) is 2.60. The summed E-state index contributed by atoms with van der Waals surface area (Å²) >= 11 is 0. The number of amides is 1. The molecule has 15 heavy (non-hydrogen) atoms. The van der Waals surface area contributed by atoms with E-state index < -0.39 is 18.6 Å². The molecule has 0 bridgehead atoms. The van der Waals surface area contributed by atoms with Crippen LogP contribution >= 0.6 is 0 Å². The van der Waals surface area contributed by atoms with Gasteiger partial charge < -0.3 is 20.8 Å². The van der Waals surface area contributed by atoms with Gasteiger partial charge in [-0.05, 0) is 12.5 Å². The fourth-order valence-corrected chi connectivity index (χ4v) is 1.63. The van der Waals surface area contributed by atoms with E-state index in [0.29, 0.717) is 6.54 Å². The first kappa shape index (κ1) is 11.9. The molecule has 4 N–H and O–H groups in total. The highest BCUT2D eigenvalue weighted by Crippen LogP contribution is 2.15. The highest BCUT2D eigenvalue weighted by Gasteiger charge is 2.31. The molecular weight excluding hydrogens is 200 g/mol. The molecule has 1 heterocycles. The van der Waals surface area contributed by atoms with Crippen molar-refractivity contribution in [2.45, 2.75) is 13.0 Å². The van der Waals surface area contributed by atoms with E-state index in [0.717, 1.165) is 6.54 Å². The van der Waals surface area contributed by atoms with Crippen molar-refractivity contribution in [2.75, 3.05) is 19.7 Å². The Morgan fingerprint density at radius 2 is 2.20 bits per heavy atom. The van der Waals surface area contributed by atoms with Gasteiger partial charge in [0.05, 0.1) is 12.5 Å². The van der Waals surface area contributed by atoms with Crippen LogP contribution in [0.15, 0.2) is 0 Å². The molecule has 1 aliphatic rings. The number of aliphatic hydroxyl groups excluding tert-OH is 1. The van der Waals surface area contributed by atoms with Crippen molar-refractivity contribution in [1.29, 1.82) is 0 Å². The van der Waals surface area contributed by atoms with Crippen molar-refractivity contribution in [2.24, 2.45) is 11.8 Å². The van der Waals surface area contributed by atoms with Crippen molar-refractivity contribution in [3.63, 3.8) is 0 Å². The fourth-order valence-electron chi connectivity index (χ4n) is 1.63. The largest absolute Gasteiger partial charge is 0.480 e. The summed E-state index contributed by atoms with van der Waals surface area (Å²) in [6.07, 6.45) is 0. The van der Waals surface area contributed by atoms with E-state index in [1.165, 1.54) is 0 Å². The lowest BCUT2D eigenvalue weighted by Gasteiger charge is -2.17. The van der Waals surface area contributed by atoms with Gasteiger partial charge in [-0.1, -0.05) is 6.92 Å². The van der Waals surface area contributed by atoms with Crippen LogP contribution in [0.3, 0.4) is 0 Å². The Bertz CT molecular complexity index is 256. The van der Waals surface area contributed by atoms with E-state index in [-0.39, 0.29) is 17.7 Å². The number of aliphatic carboxylic acids is 1. The van der Waals surface area contributed by atoms with Crippen molar-refractivity contribution in [3.05, 3.63) is 0 Å². The zero-order valence-corrected chi connectivity index (χ0v) is 8.56. The lowest BCUT2D eigenvalue weighted by molar-refractivity contribution is -0.143. The highest BCUT2D eigenvalue weighted by molar-refractivity contribution is 5.85. The average molecular weight is 216 g/mol. The van der Waals surface area contributed by atoms with E-state index in [4.69, 9.17) is 10.2 Å². The molecule has 1 aliphatic heterocycles. The van der Waals surface area contributed by atoms with Gasteiger partial charge in [0.2, 0.25) is 5.91 Å². The molecule has 0 aromatic carbocycles. The van der Waals surface area contributed by atoms with Crippen LogP contribution in [0.2, 0.25) is 0 Å². The van der Waals surface area contributed by atoms with Crippen molar-refractivity contribution >= 4 is 11.9 Å². The highest BCUT2D eigenvalue weighted by atomic mass is 16.4. The van der Waals surface area contributed by atoms with Crippen LogP contribution < -0.4 is 10.6 Å². The zero-order chi connectivity index (χ0) is 11.4. The molecule has 0 spiro atoms. The standard InChI is InChI=1S/C9H16N2O4/c1-5-2-10-3-6(5)8(13)11-7(4-12)9(14)15/h5-7,10,12H,2-4H2,1H3,(H,11,13)(H,14,15)/t5-,6-,7-/m1/s1. The van der Waals surface area contributed by atoms with Gasteiger partial charge in [0, 0.05) is 6.54 Å². The molecule has 0 radical (unpaired) electrons. The third-order valence-corrected chi connectivity index (χ3v) is 2.65. The van der Waals surface area contributed by atoms with E-state index in [9.17, 15) is 9.59 Å². The molecule has 0 aliphatic carbocycles. The molecule has 1 rings (SSSR count). The van der Waals surface area contributed by atoms with Crippen LogP contribution in [0.4, 0.5) is 0 Å². The molecule has 6 heteroatoms. The Morgan fingerprint density at radius 1 is 1.53 bits per heavy atom. The van der Waals surface area contributed by atoms with E-state index in [1.54, 1.807) is 0 Å². The third-order valence-electron chi connectivity index (χ3n) is 2.65. The van der Waals surface area contributed by atoms with Gasteiger partial charge >= 0.3 is 5.97 Å². The van der Waals surface area contributed by atoms with Crippen molar-refractivity contribution < 1.29 is 19.8 Å². The van der Waals surface area contributed by atoms with Gasteiger partial charge in [-0.3, -0.25) is 4.79 Å². The topological polar surface area (TPSA) is 98.7 Å². The molecule has 6 nitrogen and oxygen atoms in total. The van der Waals surface area contributed by atoms with E-state index in [2.05, 4.69) is 10.6 Å². The van der Waals surface area contributed by atoms with Gasteiger partial charge in [-0.25, -0.2) is 4.79 Å². The second-order valence-corrected chi connectivity index (χ2v) is 3.82. The van der Waals surface area contributed by atoms with Gasteiger partial charge in [0.15, 0.2) is 0 Å². The summed E-state index contributed by atoms with van der Waals surface area (Å²) < 4.78 is 0. The minimum absolute atomic E-state index is 0.193. The monoisotopic (exact) mass is 216 g/mol. The Hall–Kier alpha value is -1.14. The van der Waals surface area contributed by atoms with Gasteiger partial charge in [-0.15, -0.1) is 0 Å². The Balaban J connectivity index is 2.50. The number of carboxylic acids is 1. The lowest BCUT2D eigenvalue weighted by atomic mass is 9.97. The van der Waals surface area contributed by atoms with Gasteiger partial charge in [0.25, 0.3) is 0 Å². The fraction of sp³-hybridized carbons (Fsp3) is 0.778. The summed E-state index contributed by atoms with van der Waals surface area (Å²) in [5, 5.41) is 22.7. The van der Waals surface area contributed by atoms with Crippen LogP contribution in [0.1, 0.15) is 6.92 Å². The molecule has 0 aromatic rings. The van der Waals surface area contributed by atoms with Crippen LogP contribution in [0.25, 0.3) is 0 Å². The summed E-state index contributed by atoms with van der Waals surface area (Å²) in [4.78, 5) is 22.2. The third kappa shape index (κ3) is 2.90. The summed E-state index contributed by atoms with van der Waals surface area (Å²) in [6, 6.07) is -1.20. The first-order valence-corrected chi connectivity index (χ1v) is 4.91. The number of aliphatic hydroxyl groups is 1. The van der Waals surface area contributed by atoms with Crippen LogP contribution in [0.5, 0.6) is 0 Å². The van der Waals surface area contributed by atoms with E-state index >= 15 is 0 Å². The smallest absolute Gasteiger partial charge is 0.328 e. The maximum Gasteiger partial charge on any atom is 0.328 e. The minimum atomic E-state index is -1.22. The first-order valence-electron chi connectivity index (χ1n) is 4.91. The maximum atomic E-state index is 11.6. The summed E-state index contributed by atoms with van der Waals surface area (Å²) in [7, 11) is 0. The molecule has 3 atom stereocenters. The number of carboxylic acid groups (broad SMARTS) is 1. The quantitative estimate of drug-likeness (QED) is 0.454. The predicted molar refractivity (Wildman–Crippen MR) is 52.2 cm³/mol. The second kappa shape index (κ2) is 5.09. The SMILES string of the molecule is C[C@@H]1CNC[C@H]1C(=O)N[C@H](CO)C(=O)O. The Labute approximate surface area is 87.7 Å². The first-order chi connectivity index (χ1) is 7.06. The Kier molecular flexibility index (Phi) is 4.05. The number of carbonyl (C=O) groups excluding carboxylic acids is 1. The minimum Gasteiger partial charge on any atom is -0.480 e. The number of carbonyl (C=O) groups is 2. The maximum absolute atomic E-state index is 11.6. The van der Waals surface area contributed by atoms with E-state index in [1.807, 2.05) is 6.92 Å². The molecule has 1 amide bonds. The molecule has 1 fully saturated rings. The Morgan fingerprint density at radius 3 is 2.60 bits per heavy atom. The van der Waals surface area contributed by atoms with Crippen LogP contribution in [-0.2, 0) is 9.59 Å². The number of nitrogens with one attached hydrogen (secondary N) is 2. The van der Waals surface area contributed by atoms with Crippen LogP contribution in [-0.4, -0.2) is 47.8 Å². The molecule has 0 saturated carbocycles. The summed E-state index contributed by atoms with van der Waals surface area (Å²) in [6.45, 7) is 2.66. The molecule has 0 unspecified atom stereocenters. The molecular formula is C9H16N2O4.